The Kier molecular flexibility index (Phi) is 26.8. The van der Waals surface area contributed by atoms with Crippen LogP contribution < -0.4 is 10.2 Å². The summed E-state index contributed by atoms with van der Waals surface area (Å²) >= 11 is 3.01. The Morgan fingerprint density at radius 3 is 1.24 bits per heavy atom. The maximum atomic E-state index is 10.5. The standard InChI is InChI=1S/2C11H22O2S.Zn/c2*1-4-6-7-10(5-2)8-14-9(3)11(12)13;/h2*9-10H,4-8H2,1-3H3,(H,12,13);/q;;+2/p-2. The molecular weight excluding hydrogens is 458 g/mol. The molecule has 0 aliphatic rings. The maximum absolute atomic E-state index is 10.5. The normalized spacial score (nSPS) is 14.6. The zero-order chi connectivity index (χ0) is 21.9. The van der Waals surface area contributed by atoms with E-state index in [1.807, 2.05) is 0 Å². The Morgan fingerprint density at radius 2 is 1.03 bits per heavy atom. The van der Waals surface area contributed by atoms with E-state index in [0.29, 0.717) is 11.8 Å². The van der Waals surface area contributed by atoms with Gasteiger partial charge in [-0.1, -0.05) is 66.2 Å². The van der Waals surface area contributed by atoms with Crippen molar-refractivity contribution in [2.75, 3.05) is 11.5 Å². The molecule has 29 heavy (non-hydrogen) atoms. The van der Waals surface area contributed by atoms with Crippen molar-refractivity contribution in [3.05, 3.63) is 0 Å². The fourth-order valence-electron chi connectivity index (χ4n) is 2.49. The van der Waals surface area contributed by atoms with Crippen LogP contribution in [0.3, 0.4) is 0 Å². The number of thioether (sulfide) groups is 2. The van der Waals surface area contributed by atoms with Gasteiger partial charge in [-0.3, -0.25) is 0 Å². The molecular formula is C22H42O4S2Zn. The molecule has 4 unspecified atom stereocenters. The summed E-state index contributed by atoms with van der Waals surface area (Å²) in [6.45, 7) is 12.1. The first kappa shape index (κ1) is 33.9. The van der Waals surface area contributed by atoms with Crippen molar-refractivity contribution in [3.63, 3.8) is 0 Å². The largest absolute Gasteiger partial charge is 2.00 e. The number of aliphatic carboxylic acids is 2. The maximum Gasteiger partial charge on any atom is 2.00 e. The summed E-state index contributed by atoms with van der Waals surface area (Å²) < 4.78 is 0. The van der Waals surface area contributed by atoms with Crippen molar-refractivity contribution in [2.45, 2.75) is 103 Å². The summed E-state index contributed by atoms with van der Waals surface area (Å²) in [5.74, 6) is 1.35. The number of carboxylic acids is 2. The topological polar surface area (TPSA) is 80.3 Å². The van der Waals surface area contributed by atoms with Crippen LogP contribution in [0.5, 0.6) is 0 Å². The van der Waals surface area contributed by atoms with Crippen LogP contribution in [-0.2, 0) is 29.1 Å². The van der Waals surface area contributed by atoms with E-state index in [4.69, 9.17) is 0 Å². The van der Waals surface area contributed by atoms with Gasteiger partial charge in [0.15, 0.2) is 0 Å². The Bertz CT molecular complexity index is 361. The molecule has 0 fully saturated rings. The molecule has 0 aliphatic carbocycles. The summed E-state index contributed by atoms with van der Waals surface area (Å²) in [5.41, 5.74) is 0. The molecule has 0 saturated carbocycles. The number of hydrogen-bond donors (Lipinski definition) is 0. The summed E-state index contributed by atoms with van der Waals surface area (Å²) in [7, 11) is 0. The first-order valence-corrected chi connectivity index (χ1v) is 13.0. The molecule has 0 spiro atoms. The third-order valence-electron chi connectivity index (χ3n) is 4.91. The predicted octanol–water partition coefficient (Wildman–Crippen LogP) is 4.15. The molecule has 4 nitrogen and oxygen atoms in total. The third kappa shape index (κ3) is 21.3. The fraction of sp³-hybridized carbons (Fsp3) is 0.909. The van der Waals surface area contributed by atoms with Gasteiger partial charge in [0.1, 0.15) is 0 Å². The van der Waals surface area contributed by atoms with Crippen molar-refractivity contribution < 1.29 is 39.3 Å². The summed E-state index contributed by atoms with van der Waals surface area (Å²) in [4.78, 5) is 21.0. The molecule has 0 saturated heterocycles. The van der Waals surface area contributed by atoms with E-state index < -0.39 is 11.9 Å². The molecule has 0 heterocycles. The Balaban J connectivity index is -0.000000451. The Morgan fingerprint density at radius 1 is 0.724 bits per heavy atom. The van der Waals surface area contributed by atoms with E-state index in [0.717, 1.165) is 24.3 Å². The molecule has 0 aliphatic heterocycles. The van der Waals surface area contributed by atoms with Crippen molar-refractivity contribution in [3.8, 4) is 0 Å². The minimum atomic E-state index is -0.944. The molecule has 0 radical (unpaired) electrons. The number of carbonyl (C=O) groups excluding carboxylic acids is 2. The molecule has 0 rings (SSSR count). The SMILES string of the molecule is CCCCC(CC)CSC(C)C(=O)[O-].CCCCC(CC)CSC(C)C(=O)[O-].[Zn+2]. The van der Waals surface area contributed by atoms with E-state index in [2.05, 4.69) is 27.7 Å². The van der Waals surface area contributed by atoms with Gasteiger partial charge in [-0.2, -0.15) is 23.5 Å². The molecule has 0 aromatic carbocycles. The van der Waals surface area contributed by atoms with Gasteiger partial charge in [-0.05, 0) is 50.0 Å². The van der Waals surface area contributed by atoms with Crippen LogP contribution in [0.4, 0.5) is 0 Å². The molecule has 0 aromatic rings. The van der Waals surface area contributed by atoms with Crippen LogP contribution in [0.1, 0.15) is 92.9 Å². The van der Waals surface area contributed by atoms with E-state index >= 15 is 0 Å². The first-order chi connectivity index (χ1) is 13.2. The summed E-state index contributed by atoms with van der Waals surface area (Å²) in [5, 5.41) is 20.2. The van der Waals surface area contributed by atoms with Crippen LogP contribution in [0.2, 0.25) is 0 Å². The average Bonchev–Trinajstić information content (AvgIpc) is 2.68. The molecule has 168 valence electrons. The summed E-state index contributed by atoms with van der Waals surface area (Å²) in [6.07, 6.45) is 9.67. The van der Waals surface area contributed by atoms with Gasteiger partial charge >= 0.3 is 19.5 Å². The zero-order valence-electron chi connectivity index (χ0n) is 19.5. The monoisotopic (exact) mass is 498 g/mol. The van der Waals surface area contributed by atoms with Crippen LogP contribution in [0.15, 0.2) is 0 Å². The van der Waals surface area contributed by atoms with Crippen molar-refractivity contribution in [2.24, 2.45) is 11.8 Å². The number of carbonyl (C=O) groups is 2. The van der Waals surface area contributed by atoms with E-state index in [1.54, 1.807) is 13.8 Å². The zero-order valence-corrected chi connectivity index (χ0v) is 24.1. The fourth-order valence-corrected chi connectivity index (χ4v) is 4.69. The third-order valence-corrected chi connectivity index (χ3v) is 7.63. The minimum absolute atomic E-state index is 0. The number of rotatable bonds is 16. The van der Waals surface area contributed by atoms with Gasteiger partial charge in [-0.25, -0.2) is 0 Å². The van der Waals surface area contributed by atoms with Gasteiger partial charge in [0.25, 0.3) is 0 Å². The minimum Gasteiger partial charge on any atom is -0.549 e. The average molecular weight is 500 g/mol. The van der Waals surface area contributed by atoms with E-state index in [-0.39, 0.29) is 30.0 Å². The molecule has 7 heteroatoms. The van der Waals surface area contributed by atoms with Crippen molar-refractivity contribution >= 4 is 35.5 Å². The smallest absolute Gasteiger partial charge is 0.549 e. The Hall–Kier alpha value is 0.263. The van der Waals surface area contributed by atoms with Gasteiger partial charge in [0, 0.05) is 10.5 Å². The molecule has 4 atom stereocenters. The number of unbranched alkanes of at least 4 members (excludes halogenated alkanes) is 2. The predicted molar refractivity (Wildman–Crippen MR) is 120 cm³/mol. The van der Waals surface area contributed by atoms with Gasteiger partial charge < -0.3 is 19.8 Å². The molecule has 0 aromatic heterocycles. The number of carboxylic acid groups (broad SMARTS) is 2. The van der Waals surface area contributed by atoms with E-state index in [1.165, 1.54) is 62.0 Å². The Labute approximate surface area is 200 Å². The quantitative estimate of drug-likeness (QED) is 0.297. The van der Waals surface area contributed by atoms with Gasteiger partial charge in [-0.15, -0.1) is 0 Å². The second-order valence-electron chi connectivity index (χ2n) is 7.42. The first-order valence-electron chi connectivity index (χ1n) is 10.9. The molecule has 0 amide bonds. The van der Waals surface area contributed by atoms with Crippen LogP contribution in [-0.4, -0.2) is 33.9 Å². The second-order valence-corrected chi connectivity index (χ2v) is 10.2. The van der Waals surface area contributed by atoms with Crippen molar-refractivity contribution in [1.82, 2.24) is 0 Å². The van der Waals surface area contributed by atoms with Crippen LogP contribution >= 0.6 is 23.5 Å². The number of hydrogen-bond acceptors (Lipinski definition) is 6. The summed E-state index contributed by atoms with van der Waals surface area (Å²) in [6, 6.07) is 0. The van der Waals surface area contributed by atoms with Crippen molar-refractivity contribution in [1.29, 1.82) is 0 Å². The van der Waals surface area contributed by atoms with Gasteiger partial charge in [0.2, 0.25) is 0 Å². The second kappa shape index (κ2) is 22.9. The van der Waals surface area contributed by atoms with Crippen LogP contribution in [0, 0.1) is 11.8 Å². The molecule has 0 bridgehead atoms. The van der Waals surface area contributed by atoms with Crippen LogP contribution in [0.25, 0.3) is 0 Å². The molecule has 0 N–H and O–H groups in total. The van der Waals surface area contributed by atoms with Gasteiger partial charge in [0.05, 0.1) is 11.9 Å². The van der Waals surface area contributed by atoms with E-state index in [9.17, 15) is 19.8 Å².